The van der Waals surface area contributed by atoms with Crippen LogP contribution in [0.25, 0.3) is 0 Å². The maximum absolute atomic E-state index is 12.0. The molecule has 0 spiro atoms. The van der Waals surface area contributed by atoms with Crippen molar-refractivity contribution < 1.29 is 28.0 Å². The molecule has 0 saturated heterocycles. The van der Waals surface area contributed by atoms with E-state index in [1.54, 1.807) is 0 Å². The van der Waals surface area contributed by atoms with Gasteiger partial charge in [-0.1, -0.05) is 0 Å². The highest BCUT2D eigenvalue weighted by atomic mass is 19.4. The van der Waals surface area contributed by atoms with E-state index < -0.39 is 25.7 Å². The summed E-state index contributed by atoms with van der Waals surface area (Å²) in [6.45, 7) is -1.46. The van der Waals surface area contributed by atoms with Crippen LogP contribution in [0, 0.1) is 0 Å². The zero-order chi connectivity index (χ0) is 11.6. The van der Waals surface area contributed by atoms with Crippen LogP contribution in [0.1, 0.15) is 6.42 Å². The molecule has 1 amide bonds. The van der Waals surface area contributed by atoms with Gasteiger partial charge in [-0.15, -0.1) is 0 Å². The van der Waals surface area contributed by atoms with Crippen LogP contribution in [0.2, 0.25) is 0 Å². The van der Waals surface area contributed by atoms with Crippen LogP contribution in [-0.2, 0) is 4.79 Å². The van der Waals surface area contributed by atoms with Crippen molar-refractivity contribution in [1.82, 2.24) is 4.90 Å². The number of alkyl halides is 3. The molecule has 0 aromatic heterocycles. The van der Waals surface area contributed by atoms with Gasteiger partial charge in [0.25, 0.3) is 0 Å². The molecule has 0 radical (unpaired) electrons. The highest BCUT2D eigenvalue weighted by molar-refractivity contribution is 6.51. The Kier molecular flexibility index (Phi) is 3.40. The molecule has 1 rings (SSSR count). The minimum absolute atomic E-state index is 0.0402. The largest absolute Gasteiger partial charge is 0.484 e. The van der Waals surface area contributed by atoms with Gasteiger partial charge >= 0.3 is 13.3 Å². The minimum Gasteiger partial charge on any atom is -0.423 e. The predicted octanol–water partition coefficient (Wildman–Crippen LogP) is -0.281. The van der Waals surface area contributed by atoms with E-state index in [0.717, 1.165) is 6.08 Å². The second-order valence-corrected chi connectivity index (χ2v) is 3.22. The molecule has 0 bridgehead atoms. The van der Waals surface area contributed by atoms with Gasteiger partial charge in [0.15, 0.2) is 0 Å². The smallest absolute Gasteiger partial charge is 0.423 e. The van der Waals surface area contributed by atoms with Gasteiger partial charge in [-0.2, -0.15) is 13.2 Å². The molecule has 4 nitrogen and oxygen atoms in total. The summed E-state index contributed by atoms with van der Waals surface area (Å²) in [6, 6.07) is 0. The standard InChI is InChI=1S/C7H9BF3NO3/c9-7(10,11)4-12-2-1-5(8(14)15)3-6(12)13/h3,14-15H,1-2,4H2. The van der Waals surface area contributed by atoms with Crippen molar-refractivity contribution in [3.8, 4) is 0 Å². The fourth-order valence-electron chi connectivity index (χ4n) is 1.27. The maximum atomic E-state index is 12.0. The van der Waals surface area contributed by atoms with Gasteiger partial charge in [-0.05, 0) is 18.0 Å². The molecule has 1 heterocycles. The van der Waals surface area contributed by atoms with E-state index in [1.165, 1.54) is 0 Å². The van der Waals surface area contributed by atoms with E-state index in [2.05, 4.69) is 0 Å². The van der Waals surface area contributed by atoms with Gasteiger partial charge in [-0.25, -0.2) is 0 Å². The number of amides is 1. The van der Waals surface area contributed by atoms with Gasteiger partial charge in [-0.3, -0.25) is 4.79 Å². The Labute approximate surface area is 84.1 Å². The number of carbonyl (C=O) groups excluding carboxylic acids is 1. The van der Waals surface area contributed by atoms with Crippen LogP contribution in [-0.4, -0.2) is 47.2 Å². The summed E-state index contributed by atoms with van der Waals surface area (Å²) in [5.74, 6) is -0.846. The molecule has 84 valence electrons. The van der Waals surface area contributed by atoms with E-state index >= 15 is 0 Å². The summed E-state index contributed by atoms with van der Waals surface area (Å²) in [4.78, 5) is 11.7. The predicted molar refractivity (Wildman–Crippen MR) is 45.5 cm³/mol. The topological polar surface area (TPSA) is 60.8 Å². The Bertz CT molecular complexity index is 290. The third-order valence-electron chi connectivity index (χ3n) is 1.99. The number of carbonyl (C=O) groups is 1. The second kappa shape index (κ2) is 4.24. The minimum atomic E-state index is -4.43. The van der Waals surface area contributed by atoms with Gasteiger partial charge in [0, 0.05) is 6.54 Å². The quantitative estimate of drug-likeness (QED) is 0.633. The van der Waals surface area contributed by atoms with Crippen molar-refractivity contribution in [2.75, 3.05) is 13.1 Å². The fourth-order valence-corrected chi connectivity index (χ4v) is 1.27. The van der Waals surface area contributed by atoms with Crippen LogP contribution in [0.5, 0.6) is 0 Å². The maximum Gasteiger partial charge on any atom is 0.484 e. The summed E-state index contributed by atoms with van der Waals surface area (Å²) in [5, 5.41) is 17.4. The molecule has 0 aromatic rings. The lowest BCUT2D eigenvalue weighted by atomic mass is 9.76. The molecular formula is C7H9BF3NO3. The first-order valence-corrected chi connectivity index (χ1v) is 4.22. The van der Waals surface area contributed by atoms with Crippen LogP contribution in [0.3, 0.4) is 0 Å². The summed E-state index contributed by atoms with van der Waals surface area (Å²) in [6.07, 6.45) is -3.56. The monoisotopic (exact) mass is 223 g/mol. The Morgan fingerprint density at radius 3 is 2.47 bits per heavy atom. The van der Waals surface area contributed by atoms with Gasteiger partial charge in [0.2, 0.25) is 5.91 Å². The number of hydrogen-bond donors (Lipinski definition) is 2. The van der Waals surface area contributed by atoms with Crippen molar-refractivity contribution in [3.05, 3.63) is 11.5 Å². The van der Waals surface area contributed by atoms with E-state index in [9.17, 15) is 18.0 Å². The average Bonchev–Trinajstić information content (AvgIpc) is 2.05. The summed E-state index contributed by atoms with van der Waals surface area (Å²) < 4.78 is 35.9. The number of rotatable bonds is 2. The molecule has 0 atom stereocenters. The molecule has 1 aliphatic heterocycles. The molecule has 0 saturated carbocycles. The first-order chi connectivity index (χ1) is 6.79. The van der Waals surface area contributed by atoms with Gasteiger partial charge < -0.3 is 14.9 Å². The highest BCUT2D eigenvalue weighted by Crippen LogP contribution is 2.20. The van der Waals surface area contributed by atoms with E-state index in [4.69, 9.17) is 10.0 Å². The van der Waals surface area contributed by atoms with Crippen molar-refractivity contribution in [2.24, 2.45) is 0 Å². The molecule has 0 aliphatic carbocycles. The summed E-state index contributed by atoms with van der Waals surface area (Å²) in [7, 11) is -1.78. The lowest BCUT2D eigenvalue weighted by Gasteiger charge is -2.26. The van der Waals surface area contributed by atoms with Crippen molar-refractivity contribution in [1.29, 1.82) is 0 Å². The number of hydrogen-bond acceptors (Lipinski definition) is 3. The molecule has 15 heavy (non-hydrogen) atoms. The first-order valence-electron chi connectivity index (χ1n) is 4.22. The van der Waals surface area contributed by atoms with E-state index in [-0.39, 0.29) is 18.4 Å². The SMILES string of the molecule is O=C1C=C(B(O)O)CCN1CC(F)(F)F. The van der Waals surface area contributed by atoms with Gasteiger partial charge in [0.1, 0.15) is 6.54 Å². The Morgan fingerprint density at radius 1 is 1.47 bits per heavy atom. The van der Waals surface area contributed by atoms with Gasteiger partial charge in [0.05, 0.1) is 0 Å². The average molecular weight is 223 g/mol. The molecule has 8 heteroatoms. The van der Waals surface area contributed by atoms with Crippen LogP contribution in [0.15, 0.2) is 11.5 Å². The molecular weight excluding hydrogens is 214 g/mol. The van der Waals surface area contributed by atoms with E-state index in [0.29, 0.717) is 4.90 Å². The van der Waals surface area contributed by atoms with Crippen molar-refractivity contribution in [3.63, 3.8) is 0 Å². The molecule has 0 aromatic carbocycles. The third-order valence-corrected chi connectivity index (χ3v) is 1.99. The van der Waals surface area contributed by atoms with E-state index in [1.807, 2.05) is 0 Å². The molecule has 1 aliphatic rings. The fraction of sp³-hybridized carbons (Fsp3) is 0.571. The lowest BCUT2D eigenvalue weighted by Crippen LogP contribution is -2.42. The number of halogens is 3. The zero-order valence-corrected chi connectivity index (χ0v) is 7.66. The number of nitrogens with zero attached hydrogens (tertiary/aromatic N) is 1. The van der Waals surface area contributed by atoms with Crippen molar-refractivity contribution >= 4 is 13.0 Å². The second-order valence-electron chi connectivity index (χ2n) is 3.22. The zero-order valence-electron chi connectivity index (χ0n) is 7.66. The van der Waals surface area contributed by atoms with Crippen LogP contribution in [0.4, 0.5) is 13.2 Å². The molecule has 2 N–H and O–H groups in total. The Hall–Kier alpha value is -1.02. The van der Waals surface area contributed by atoms with Crippen LogP contribution < -0.4 is 0 Å². The first kappa shape index (κ1) is 12.1. The van der Waals surface area contributed by atoms with Crippen molar-refractivity contribution in [2.45, 2.75) is 12.6 Å². The normalized spacial score (nSPS) is 17.8. The molecule has 0 unspecified atom stereocenters. The Morgan fingerprint density at radius 2 is 2.07 bits per heavy atom. The van der Waals surface area contributed by atoms with Crippen LogP contribution >= 0.6 is 0 Å². The molecule has 0 fully saturated rings. The Balaban J connectivity index is 2.65. The summed E-state index contributed by atoms with van der Waals surface area (Å²) in [5.41, 5.74) is 0.0402. The lowest BCUT2D eigenvalue weighted by molar-refractivity contribution is -0.158. The third kappa shape index (κ3) is 3.56. The highest BCUT2D eigenvalue weighted by Gasteiger charge is 2.34. The summed E-state index contributed by atoms with van der Waals surface area (Å²) >= 11 is 0.